The minimum Gasteiger partial charge on any atom is -0.467 e. The number of amides is 1. The van der Waals surface area contributed by atoms with E-state index in [1.165, 1.54) is 24.9 Å². The predicted octanol–water partition coefficient (Wildman–Crippen LogP) is 3.25. The van der Waals surface area contributed by atoms with Gasteiger partial charge < -0.3 is 15.0 Å². The molecule has 2 N–H and O–H groups in total. The Bertz CT molecular complexity index is 1070. The molecule has 0 fully saturated rings. The highest BCUT2D eigenvalue weighted by Crippen LogP contribution is 2.26. The van der Waals surface area contributed by atoms with Gasteiger partial charge in [0.1, 0.15) is 6.04 Å². The van der Waals surface area contributed by atoms with Gasteiger partial charge in [-0.3, -0.25) is 9.59 Å². The van der Waals surface area contributed by atoms with Crippen LogP contribution in [0.1, 0.15) is 10.4 Å². The number of halogens is 1. The Labute approximate surface area is 170 Å². The van der Waals surface area contributed by atoms with Crippen LogP contribution in [0.5, 0.6) is 0 Å². The monoisotopic (exact) mass is 416 g/mol. The van der Waals surface area contributed by atoms with Crippen molar-refractivity contribution in [2.45, 2.75) is 10.9 Å². The molecule has 6 nitrogen and oxygen atoms in total. The number of aromatic nitrogens is 1. The smallest absolute Gasteiger partial charge is 0.329 e. The zero-order chi connectivity index (χ0) is 20.1. The summed E-state index contributed by atoms with van der Waals surface area (Å²) < 4.78 is 4.81. The molecule has 1 unspecified atom stereocenters. The van der Waals surface area contributed by atoms with Crippen LogP contribution in [0.4, 0.5) is 0 Å². The number of para-hydroxylation sites is 1. The topological polar surface area (TPSA) is 88.3 Å². The van der Waals surface area contributed by atoms with Crippen molar-refractivity contribution >= 4 is 46.1 Å². The molecule has 0 saturated heterocycles. The molecule has 0 aliphatic carbocycles. The SMILES string of the molecule is COC(=O)C(CSc1cc(=O)[nH]c2ccccc12)NC(=O)c1ccc(Cl)cc1. The molecule has 0 aliphatic rings. The van der Waals surface area contributed by atoms with Crippen molar-refractivity contribution in [3.05, 3.63) is 75.5 Å². The van der Waals surface area contributed by atoms with Crippen LogP contribution >= 0.6 is 23.4 Å². The number of carbonyl (C=O) groups is 2. The third-order valence-corrected chi connectivity index (χ3v) is 5.42. The Balaban J connectivity index is 1.78. The molecule has 1 aromatic heterocycles. The lowest BCUT2D eigenvalue weighted by atomic mass is 10.2. The van der Waals surface area contributed by atoms with Gasteiger partial charge in [-0.25, -0.2) is 4.79 Å². The second kappa shape index (κ2) is 8.95. The van der Waals surface area contributed by atoms with Gasteiger partial charge in [-0.1, -0.05) is 29.8 Å². The first-order chi connectivity index (χ1) is 13.5. The van der Waals surface area contributed by atoms with Crippen LogP contribution in [-0.4, -0.2) is 35.8 Å². The Morgan fingerprint density at radius 1 is 1.18 bits per heavy atom. The highest BCUT2D eigenvalue weighted by molar-refractivity contribution is 7.99. The molecular weight excluding hydrogens is 400 g/mol. The van der Waals surface area contributed by atoms with Crippen LogP contribution in [0, 0.1) is 0 Å². The van der Waals surface area contributed by atoms with Crippen LogP contribution in [0.2, 0.25) is 5.02 Å². The molecule has 28 heavy (non-hydrogen) atoms. The molecule has 0 aliphatic heterocycles. The molecule has 144 valence electrons. The Hall–Kier alpha value is -2.77. The number of pyridine rings is 1. The summed E-state index contributed by atoms with van der Waals surface area (Å²) in [4.78, 5) is 40.0. The fraction of sp³-hybridized carbons (Fsp3) is 0.150. The number of H-pyrrole nitrogens is 1. The predicted molar refractivity (Wildman–Crippen MR) is 110 cm³/mol. The number of carbonyl (C=O) groups excluding carboxylic acids is 2. The number of hydrogen-bond acceptors (Lipinski definition) is 5. The first-order valence-electron chi connectivity index (χ1n) is 8.37. The average Bonchev–Trinajstić information content (AvgIpc) is 2.70. The maximum Gasteiger partial charge on any atom is 0.329 e. The van der Waals surface area contributed by atoms with Crippen LogP contribution < -0.4 is 10.9 Å². The van der Waals surface area contributed by atoms with E-state index in [2.05, 4.69) is 10.3 Å². The molecule has 8 heteroatoms. The lowest BCUT2D eigenvalue weighted by Crippen LogP contribution is -2.43. The number of benzene rings is 2. The van der Waals surface area contributed by atoms with Crippen molar-refractivity contribution in [2.24, 2.45) is 0 Å². The summed E-state index contributed by atoms with van der Waals surface area (Å²) >= 11 is 7.13. The Morgan fingerprint density at radius 2 is 1.89 bits per heavy atom. The second-order valence-electron chi connectivity index (χ2n) is 5.91. The van der Waals surface area contributed by atoms with Crippen molar-refractivity contribution < 1.29 is 14.3 Å². The summed E-state index contributed by atoms with van der Waals surface area (Å²) in [6.07, 6.45) is 0. The standard InChI is InChI=1S/C20H17ClN2O4S/c1-27-20(26)16(23-19(25)12-6-8-13(21)9-7-12)11-28-17-10-18(24)22-15-5-3-2-4-14(15)17/h2-10,16H,11H2,1H3,(H,22,24)(H,23,25). The number of rotatable bonds is 6. The van der Waals surface area contributed by atoms with Gasteiger partial charge in [0.15, 0.2) is 0 Å². The third-order valence-electron chi connectivity index (χ3n) is 4.02. The molecule has 1 heterocycles. The van der Waals surface area contributed by atoms with E-state index in [-0.39, 0.29) is 11.3 Å². The maximum absolute atomic E-state index is 12.4. The van der Waals surface area contributed by atoms with E-state index in [0.29, 0.717) is 21.0 Å². The van der Waals surface area contributed by atoms with Gasteiger partial charge in [-0.2, -0.15) is 0 Å². The van der Waals surface area contributed by atoms with Crippen molar-refractivity contribution in [2.75, 3.05) is 12.9 Å². The third kappa shape index (κ3) is 4.74. The molecule has 1 amide bonds. The summed E-state index contributed by atoms with van der Waals surface area (Å²) in [6, 6.07) is 14.3. The summed E-state index contributed by atoms with van der Waals surface area (Å²) in [7, 11) is 1.26. The fourth-order valence-electron chi connectivity index (χ4n) is 2.62. The molecular formula is C20H17ClN2O4S. The minimum absolute atomic E-state index is 0.208. The molecule has 3 aromatic rings. The molecule has 0 radical (unpaired) electrons. The van der Waals surface area contributed by atoms with E-state index in [1.54, 1.807) is 30.3 Å². The van der Waals surface area contributed by atoms with Crippen LogP contribution in [0.15, 0.2) is 64.3 Å². The molecule has 1 atom stereocenters. The number of esters is 1. The number of ether oxygens (including phenoxy) is 1. The van der Waals surface area contributed by atoms with Gasteiger partial charge in [-0.05, 0) is 30.3 Å². The number of thioether (sulfide) groups is 1. The highest BCUT2D eigenvalue weighted by Gasteiger charge is 2.23. The van der Waals surface area contributed by atoms with Crippen LogP contribution in [0.3, 0.4) is 0 Å². The number of aromatic amines is 1. The number of methoxy groups -OCH3 is 1. The maximum atomic E-state index is 12.4. The lowest BCUT2D eigenvalue weighted by Gasteiger charge is -2.17. The van der Waals surface area contributed by atoms with E-state index >= 15 is 0 Å². The normalized spacial score (nSPS) is 11.8. The summed E-state index contributed by atoms with van der Waals surface area (Å²) in [5.41, 5.74) is 0.850. The van der Waals surface area contributed by atoms with Gasteiger partial charge in [0.2, 0.25) is 5.56 Å². The Morgan fingerprint density at radius 3 is 2.61 bits per heavy atom. The van der Waals surface area contributed by atoms with E-state index in [4.69, 9.17) is 16.3 Å². The quantitative estimate of drug-likeness (QED) is 0.475. The van der Waals surface area contributed by atoms with Crippen molar-refractivity contribution in [1.29, 1.82) is 0 Å². The molecule has 0 bridgehead atoms. The van der Waals surface area contributed by atoms with E-state index in [9.17, 15) is 14.4 Å². The Kier molecular flexibility index (Phi) is 6.38. The summed E-state index contributed by atoms with van der Waals surface area (Å²) in [6.45, 7) is 0. The summed E-state index contributed by atoms with van der Waals surface area (Å²) in [5.74, 6) is -0.771. The highest BCUT2D eigenvalue weighted by atomic mass is 35.5. The molecule has 3 rings (SSSR count). The summed E-state index contributed by atoms with van der Waals surface area (Å²) in [5, 5.41) is 4.05. The van der Waals surface area contributed by atoms with E-state index in [0.717, 1.165) is 5.39 Å². The largest absolute Gasteiger partial charge is 0.467 e. The van der Waals surface area contributed by atoms with Gasteiger partial charge >= 0.3 is 5.97 Å². The fourth-order valence-corrected chi connectivity index (χ4v) is 3.83. The zero-order valence-corrected chi connectivity index (χ0v) is 16.5. The molecule has 0 saturated carbocycles. The number of nitrogens with one attached hydrogen (secondary N) is 2. The van der Waals surface area contributed by atoms with Crippen LogP contribution in [0.25, 0.3) is 10.9 Å². The average molecular weight is 417 g/mol. The zero-order valence-electron chi connectivity index (χ0n) is 14.9. The van der Waals surface area contributed by atoms with Crippen molar-refractivity contribution in [1.82, 2.24) is 10.3 Å². The first kappa shape index (κ1) is 20.0. The van der Waals surface area contributed by atoms with Gasteiger partial charge in [0.25, 0.3) is 5.91 Å². The lowest BCUT2D eigenvalue weighted by molar-refractivity contribution is -0.142. The van der Waals surface area contributed by atoms with Crippen molar-refractivity contribution in [3.8, 4) is 0 Å². The number of hydrogen-bond donors (Lipinski definition) is 2. The number of fused-ring (bicyclic) bond motifs is 1. The molecule has 2 aromatic carbocycles. The molecule has 0 spiro atoms. The van der Waals surface area contributed by atoms with Gasteiger partial charge in [0.05, 0.1) is 7.11 Å². The van der Waals surface area contributed by atoms with Crippen molar-refractivity contribution in [3.63, 3.8) is 0 Å². The van der Waals surface area contributed by atoms with Gasteiger partial charge in [0, 0.05) is 38.2 Å². The van der Waals surface area contributed by atoms with E-state index in [1.807, 2.05) is 18.2 Å². The second-order valence-corrected chi connectivity index (χ2v) is 7.41. The first-order valence-corrected chi connectivity index (χ1v) is 9.73. The van der Waals surface area contributed by atoms with E-state index < -0.39 is 17.9 Å². The van der Waals surface area contributed by atoms with Crippen LogP contribution in [-0.2, 0) is 9.53 Å². The van der Waals surface area contributed by atoms with Gasteiger partial charge in [-0.15, -0.1) is 11.8 Å². The minimum atomic E-state index is -0.878.